The zero-order chi connectivity index (χ0) is 12.1. The summed E-state index contributed by atoms with van der Waals surface area (Å²) in [6, 6.07) is 3.58. The Morgan fingerprint density at radius 1 is 1.38 bits per heavy atom. The Kier molecular flexibility index (Phi) is 5.05. The van der Waals surface area contributed by atoms with Crippen molar-refractivity contribution in [2.75, 3.05) is 13.1 Å². The Morgan fingerprint density at radius 3 is 2.56 bits per heavy atom. The molecule has 0 aromatic heterocycles. The third-order valence-corrected chi connectivity index (χ3v) is 2.39. The van der Waals surface area contributed by atoms with Gasteiger partial charge in [0.2, 0.25) is 0 Å². The number of hydrogen-bond acceptors (Lipinski definition) is 2. The highest BCUT2D eigenvalue weighted by Crippen LogP contribution is 2.20. The van der Waals surface area contributed by atoms with Crippen molar-refractivity contribution in [3.05, 3.63) is 34.6 Å². The third-order valence-electron chi connectivity index (χ3n) is 2.10. The zero-order valence-electron chi connectivity index (χ0n) is 8.39. The largest absolute Gasteiger partial charge is 0.329 e. The van der Waals surface area contributed by atoms with Gasteiger partial charge < -0.3 is 11.1 Å². The molecule has 0 amide bonds. The van der Waals surface area contributed by atoms with Crippen LogP contribution in [0.25, 0.3) is 0 Å². The molecule has 0 spiro atoms. The smallest absolute Gasteiger partial charge is 0.250 e. The van der Waals surface area contributed by atoms with Crippen molar-refractivity contribution in [1.82, 2.24) is 5.32 Å². The molecule has 0 bridgehead atoms. The molecule has 0 saturated heterocycles. The van der Waals surface area contributed by atoms with Crippen LogP contribution in [0.15, 0.2) is 18.2 Å². The molecular weight excluding hydrogens is 241 g/mol. The average Bonchev–Trinajstić information content (AvgIpc) is 2.23. The van der Waals surface area contributed by atoms with Gasteiger partial charge in [0, 0.05) is 12.6 Å². The number of hydrogen-bond donors (Lipinski definition) is 2. The molecular formula is C10H12ClF3N2. The van der Waals surface area contributed by atoms with Gasteiger partial charge in [-0.3, -0.25) is 0 Å². The van der Waals surface area contributed by atoms with Gasteiger partial charge in [0.05, 0.1) is 11.6 Å². The topological polar surface area (TPSA) is 38.0 Å². The molecule has 3 N–H and O–H groups in total. The molecule has 0 aliphatic rings. The maximum atomic E-state index is 12.9. The quantitative estimate of drug-likeness (QED) is 0.844. The normalized spacial score (nSPS) is 13.1. The Bertz CT molecular complexity index is 347. The van der Waals surface area contributed by atoms with Crippen molar-refractivity contribution in [2.24, 2.45) is 5.73 Å². The van der Waals surface area contributed by atoms with Crippen LogP contribution in [0.5, 0.6) is 0 Å². The number of rotatable bonds is 5. The fourth-order valence-corrected chi connectivity index (χ4v) is 1.49. The van der Waals surface area contributed by atoms with Gasteiger partial charge in [0.1, 0.15) is 5.82 Å². The first-order valence-electron chi connectivity index (χ1n) is 4.71. The number of halogens is 4. The van der Waals surface area contributed by atoms with Crippen LogP contribution in [0.2, 0.25) is 5.02 Å². The van der Waals surface area contributed by atoms with Gasteiger partial charge in [-0.25, -0.2) is 13.2 Å². The predicted octanol–water partition coefficient (Wildman–Crippen LogP) is 2.33. The van der Waals surface area contributed by atoms with Crippen LogP contribution >= 0.6 is 11.6 Å². The minimum absolute atomic E-state index is 0.0465. The highest BCUT2D eigenvalue weighted by Gasteiger charge is 2.13. The number of benzene rings is 1. The van der Waals surface area contributed by atoms with E-state index in [-0.39, 0.29) is 11.6 Å². The van der Waals surface area contributed by atoms with Crippen LogP contribution in [0.1, 0.15) is 11.6 Å². The van der Waals surface area contributed by atoms with E-state index in [1.165, 1.54) is 18.2 Å². The standard InChI is InChI=1S/C10H12ClF3N2/c11-7-3-6(1-2-8(7)12)9(4-15)16-5-10(13)14/h1-3,9-10,16H,4-5,15H2. The predicted molar refractivity (Wildman–Crippen MR) is 57.2 cm³/mol. The minimum atomic E-state index is -2.45. The average molecular weight is 253 g/mol. The summed E-state index contributed by atoms with van der Waals surface area (Å²) in [5.41, 5.74) is 6.03. The van der Waals surface area contributed by atoms with Crippen LogP contribution in [0, 0.1) is 5.82 Å². The van der Waals surface area contributed by atoms with E-state index in [1.807, 2.05) is 0 Å². The molecule has 0 aliphatic heterocycles. The molecule has 0 saturated carbocycles. The van der Waals surface area contributed by atoms with E-state index in [1.54, 1.807) is 0 Å². The molecule has 1 unspecified atom stereocenters. The van der Waals surface area contributed by atoms with Gasteiger partial charge in [-0.15, -0.1) is 0 Å². The van der Waals surface area contributed by atoms with Crippen LogP contribution < -0.4 is 11.1 Å². The van der Waals surface area contributed by atoms with Crippen LogP contribution in [0.4, 0.5) is 13.2 Å². The summed E-state index contributed by atoms with van der Waals surface area (Å²) in [5.74, 6) is -0.546. The maximum Gasteiger partial charge on any atom is 0.250 e. The van der Waals surface area contributed by atoms with Gasteiger partial charge in [-0.1, -0.05) is 17.7 Å². The molecule has 6 heteroatoms. The second kappa shape index (κ2) is 6.08. The van der Waals surface area contributed by atoms with E-state index in [9.17, 15) is 13.2 Å². The molecule has 1 aromatic rings. The highest BCUT2D eigenvalue weighted by atomic mass is 35.5. The second-order valence-corrected chi connectivity index (χ2v) is 3.67. The SMILES string of the molecule is NCC(NCC(F)F)c1ccc(F)c(Cl)c1. The fraction of sp³-hybridized carbons (Fsp3) is 0.400. The lowest BCUT2D eigenvalue weighted by molar-refractivity contribution is 0.141. The van der Waals surface area contributed by atoms with E-state index in [4.69, 9.17) is 17.3 Å². The monoisotopic (exact) mass is 252 g/mol. The first-order chi connectivity index (χ1) is 7.54. The lowest BCUT2D eigenvalue weighted by atomic mass is 10.1. The van der Waals surface area contributed by atoms with Gasteiger partial charge in [0.25, 0.3) is 6.43 Å². The van der Waals surface area contributed by atoms with Crippen molar-refractivity contribution < 1.29 is 13.2 Å². The number of alkyl halides is 2. The summed E-state index contributed by atoms with van der Waals surface area (Å²) >= 11 is 5.59. The third kappa shape index (κ3) is 3.66. The van der Waals surface area contributed by atoms with Crippen LogP contribution in [-0.2, 0) is 0 Å². The van der Waals surface area contributed by atoms with E-state index in [0.717, 1.165) is 0 Å². The summed E-state index contributed by atoms with van der Waals surface area (Å²) < 4.78 is 36.9. The Balaban J connectivity index is 2.74. The van der Waals surface area contributed by atoms with Gasteiger partial charge in [0.15, 0.2) is 0 Å². The molecule has 0 radical (unpaired) electrons. The van der Waals surface area contributed by atoms with Crippen molar-refractivity contribution >= 4 is 11.6 Å². The summed E-state index contributed by atoms with van der Waals surface area (Å²) in [6.07, 6.45) is -2.45. The Hall–Kier alpha value is -0.780. The highest BCUT2D eigenvalue weighted by molar-refractivity contribution is 6.30. The second-order valence-electron chi connectivity index (χ2n) is 3.26. The lowest BCUT2D eigenvalue weighted by Gasteiger charge is -2.17. The van der Waals surface area contributed by atoms with Crippen LogP contribution in [-0.4, -0.2) is 19.5 Å². The van der Waals surface area contributed by atoms with Crippen LogP contribution in [0.3, 0.4) is 0 Å². The molecule has 90 valence electrons. The van der Waals surface area contributed by atoms with Crippen molar-refractivity contribution in [3.63, 3.8) is 0 Å². The van der Waals surface area contributed by atoms with Gasteiger partial charge in [-0.05, 0) is 17.7 Å². The van der Waals surface area contributed by atoms with E-state index < -0.39 is 24.8 Å². The van der Waals surface area contributed by atoms with Gasteiger partial charge in [-0.2, -0.15) is 0 Å². The van der Waals surface area contributed by atoms with Gasteiger partial charge >= 0.3 is 0 Å². The molecule has 1 aromatic carbocycles. The zero-order valence-corrected chi connectivity index (χ0v) is 9.15. The molecule has 2 nitrogen and oxygen atoms in total. The van der Waals surface area contributed by atoms with E-state index in [0.29, 0.717) is 5.56 Å². The summed E-state index contributed by atoms with van der Waals surface area (Å²) in [7, 11) is 0. The van der Waals surface area contributed by atoms with Crippen molar-refractivity contribution in [1.29, 1.82) is 0 Å². The van der Waals surface area contributed by atoms with E-state index in [2.05, 4.69) is 5.32 Å². The summed E-state index contributed by atoms with van der Waals surface area (Å²) in [4.78, 5) is 0. The molecule has 0 heterocycles. The molecule has 0 fully saturated rings. The molecule has 16 heavy (non-hydrogen) atoms. The summed E-state index contributed by atoms with van der Waals surface area (Å²) in [5, 5.41) is 2.53. The summed E-state index contributed by atoms with van der Waals surface area (Å²) in [6.45, 7) is -0.328. The molecule has 1 rings (SSSR count). The maximum absolute atomic E-state index is 12.9. The molecule has 0 aliphatic carbocycles. The fourth-order valence-electron chi connectivity index (χ4n) is 1.30. The number of nitrogens with one attached hydrogen (secondary N) is 1. The van der Waals surface area contributed by atoms with Crippen molar-refractivity contribution in [2.45, 2.75) is 12.5 Å². The first kappa shape index (κ1) is 13.3. The Morgan fingerprint density at radius 2 is 2.06 bits per heavy atom. The Labute approximate surface area is 96.6 Å². The lowest BCUT2D eigenvalue weighted by Crippen LogP contribution is -2.31. The number of nitrogens with two attached hydrogens (primary N) is 1. The molecule has 1 atom stereocenters. The minimum Gasteiger partial charge on any atom is -0.329 e. The first-order valence-corrected chi connectivity index (χ1v) is 5.09. The van der Waals surface area contributed by atoms with Crippen molar-refractivity contribution in [3.8, 4) is 0 Å². The van der Waals surface area contributed by atoms with E-state index >= 15 is 0 Å².